The standard InChI is InChI=1S/C26H34N4O5.C21H26N4O3.C13H17N3O5.C13H19NO/c1-15-7-10-20(18-9-8-16(2)21(31)12-18)30(14-15)24(33)23(32)28-19-11-17(3)22(27-13-19)29-25(34)35-26(4,5)6;1-12-4-7-17(15-6-5-13(2)18(26)9-15)25(11-12)21(28)20(27)24-16-8-14(3)19(22)23-10-16;1-7-5-8(15-10(17)11(18)19)6-14-9(7)16-12(20)21-13(2,3)4;1-9-3-6-12(14-8-9)11-5-4-10(2)13(15)7-11/h8-9,11-13,15,20,31H,7,10,14H2,1-6H3,(H,28,32)(H,27,29,34);5-6,8-10,12,17,26H,4,7,11H2,1-3H3,(H2,22,23)(H,24,27);5-6H,1-4H3,(H,15,17)(H,18,19)(H,14,16,20);4-5,7,9,12,14-15H,3,6,8H2,1-2H3/t15-,20+;12-,17+;;9-,12+/m11.1/s1. The van der Waals surface area contributed by atoms with Gasteiger partial charge >= 0.3 is 47.7 Å². The summed E-state index contributed by atoms with van der Waals surface area (Å²) >= 11 is 0. The molecule has 0 aliphatic carbocycles. The zero-order valence-corrected chi connectivity index (χ0v) is 59.2. The summed E-state index contributed by atoms with van der Waals surface area (Å²) in [7, 11) is 0. The Morgan fingerprint density at radius 1 is 0.475 bits per heavy atom. The van der Waals surface area contributed by atoms with Gasteiger partial charge in [0.25, 0.3) is 0 Å². The largest absolute Gasteiger partial charge is 0.508 e. The van der Waals surface area contributed by atoms with Crippen LogP contribution in [0.5, 0.6) is 17.2 Å². The van der Waals surface area contributed by atoms with Crippen molar-refractivity contribution in [2.24, 2.45) is 17.8 Å². The molecule has 3 aromatic heterocycles. The summed E-state index contributed by atoms with van der Waals surface area (Å²) in [4.78, 5) is 112. The van der Waals surface area contributed by atoms with Crippen molar-refractivity contribution in [2.45, 2.75) is 172 Å². The molecule has 99 heavy (non-hydrogen) atoms. The number of benzene rings is 3. The molecule has 532 valence electrons. The number of aliphatic carboxylic acids is 1. The first-order valence-corrected chi connectivity index (χ1v) is 32.9. The molecule has 0 spiro atoms. The Labute approximate surface area is 578 Å². The van der Waals surface area contributed by atoms with Gasteiger partial charge in [-0.25, -0.2) is 29.3 Å². The fraction of sp³-hybridized carbons (Fsp3) is 0.438. The third-order valence-corrected chi connectivity index (χ3v) is 16.6. The van der Waals surface area contributed by atoms with Gasteiger partial charge in [-0.1, -0.05) is 57.2 Å². The molecule has 3 aliphatic rings. The Morgan fingerprint density at radius 2 is 0.838 bits per heavy atom. The summed E-state index contributed by atoms with van der Waals surface area (Å²) in [6, 6.07) is 21.5. The number of nitrogens with zero attached hydrogens (tertiary/aromatic N) is 5. The predicted molar refractivity (Wildman–Crippen MR) is 378 cm³/mol. The highest BCUT2D eigenvalue weighted by molar-refractivity contribution is 6.40. The number of carboxylic acids is 1. The Bertz CT molecular complexity index is 3920. The molecule has 0 radical (unpaired) electrons. The quantitative estimate of drug-likeness (QED) is 0.0631. The molecule has 3 aromatic carbocycles. The van der Waals surface area contributed by atoms with Crippen LogP contribution in [0, 0.1) is 59.3 Å². The van der Waals surface area contributed by atoms with Crippen LogP contribution >= 0.6 is 0 Å². The van der Waals surface area contributed by atoms with Crippen molar-refractivity contribution in [3.8, 4) is 17.2 Å². The summed E-state index contributed by atoms with van der Waals surface area (Å²) in [5.74, 6) is -2.43. The number of ether oxygens (including phenoxy) is 2. The minimum Gasteiger partial charge on any atom is -0.508 e. The molecule has 3 fully saturated rings. The van der Waals surface area contributed by atoms with E-state index < -0.39 is 58.9 Å². The van der Waals surface area contributed by atoms with Crippen molar-refractivity contribution in [2.75, 3.05) is 52.0 Å². The summed E-state index contributed by atoms with van der Waals surface area (Å²) in [6.45, 7) is 29.6. The second kappa shape index (κ2) is 34.2. The van der Waals surface area contributed by atoms with Crippen LogP contribution in [0.15, 0.2) is 91.4 Å². The number of aromatic nitrogens is 3. The van der Waals surface area contributed by atoms with E-state index in [1.54, 1.807) is 96.4 Å². The number of rotatable bonds is 8. The highest BCUT2D eigenvalue weighted by atomic mass is 16.6. The van der Waals surface area contributed by atoms with Gasteiger partial charge < -0.3 is 66.7 Å². The van der Waals surface area contributed by atoms with E-state index in [1.807, 2.05) is 64.1 Å². The number of aryl methyl sites for hydroxylation is 6. The van der Waals surface area contributed by atoms with Crippen molar-refractivity contribution in [1.29, 1.82) is 0 Å². The van der Waals surface area contributed by atoms with Crippen LogP contribution in [-0.4, -0.2) is 124 Å². The second-order valence-electron chi connectivity index (χ2n) is 27.7. The predicted octanol–water partition coefficient (Wildman–Crippen LogP) is 12.1. The normalized spacial score (nSPS) is 18.1. The molecule has 6 aromatic rings. The van der Waals surface area contributed by atoms with Gasteiger partial charge in [0, 0.05) is 19.1 Å². The highest BCUT2D eigenvalue weighted by Gasteiger charge is 2.37. The smallest absolute Gasteiger partial charge is 0.413 e. The van der Waals surface area contributed by atoms with Gasteiger partial charge in [0.15, 0.2) is 0 Å². The van der Waals surface area contributed by atoms with Gasteiger partial charge in [0.2, 0.25) is 0 Å². The molecule has 12 N–H and O–H groups in total. The molecule has 0 saturated carbocycles. The fourth-order valence-corrected chi connectivity index (χ4v) is 11.1. The number of nitrogens with one attached hydrogen (secondary N) is 6. The summed E-state index contributed by atoms with van der Waals surface area (Å²) in [6.07, 6.45) is 8.51. The summed E-state index contributed by atoms with van der Waals surface area (Å²) < 4.78 is 10.3. The van der Waals surface area contributed by atoms with Crippen LogP contribution in [0.3, 0.4) is 0 Å². The van der Waals surface area contributed by atoms with E-state index in [2.05, 4.69) is 66.8 Å². The number of piperidine rings is 3. The molecule has 3 saturated heterocycles. The van der Waals surface area contributed by atoms with Gasteiger partial charge in [0.1, 0.15) is 45.9 Å². The van der Waals surface area contributed by atoms with Gasteiger partial charge in [-0.3, -0.25) is 34.6 Å². The number of hydrogen-bond donors (Lipinski definition) is 11. The van der Waals surface area contributed by atoms with Crippen molar-refractivity contribution in [3.63, 3.8) is 0 Å². The van der Waals surface area contributed by atoms with Crippen LogP contribution < -0.4 is 37.6 Å². The lowest BCUT2D eigenvalue weighted by Crippen LogP contribution is -2.46. The maximum Gasteiger partial charge on any atom is 0.413 e. The number of carbonyl (C=O) groups is 8. The minimum absolute atomic E-state index is 0.166. The monoisotopic (exact) mass is 1360 g/mol. The number of anilines is 6. The topological polar surface area (TPSA) is 379 Å². The highest BCUT2D eigenvalue weighted by Crippen LogP contribution is 2.38. The fourth-order valence-electron chi connectivity index (χ4n) is 11.1. The van der Waals surface area contributed by atoms with Crippen LogP contribution in [0.25, 0.3) is 0 Å². The number of phenolic OH excluding ortho intramolecular Hbond substituents is 3. The molecule has 6 heterocycles. The number of carbonyl (C=O) groups excluding carboxylic acids is 7. The number of carboxylic acid groups (broad SMARTS) is 1. The van der Waals surface area contributed by atoms with E-state index in [-0.39, 0.29) is 41.0 Å². The Balaban J connectivity index is 0.000000217. The average molecular weight is 1370 g/mol. The van der Waals surface area contributed by atoms with Gasteiger partial charge in [-0.2, -0.15) is 0 Å². The molecule has 26 heteroatoms. The molecule has 9 rings (SSSR count). The Kier molecular flexibility index (Phi) is 26.8. The number of phenols is 3. The maximum absolute atomic E-state index is 13.2. The average Bonchev–Trinajstić information content (AvgIpc) is 0.806. The first-order chi connectivity index (χ1) is 46.3. The zero-order valence-electron chi connectivity index (χ0n) is 59.2. The lowest BCUT2D eigenvalue weighted by molar-refractivity contribution is -0.147. The van der Waals surface area contributed by atoms with Crippen LogP contribution in [0.4, 0.5) is 44.1 Å². The molecule has 26 nitrogen and oxygen atoms in total. The maximum atomic E-state index is 13.2. The van der Waals surface area contributed by atoms with E-state index in [0.717, 1.165) is 65.1 Å². The number of pyridine rings is 3. The van der Waals surface area contributed by atoms with Gasteiger partial charge in [0.05, 0.1) is 47.7 Å². The summed E-state index contributed by atoms with van der Waals surface area (Å²) in [5, 5.41) is 54.3. The first-order valence-electron chi connectivity index (χ1n) is 32.9. The third-order valence-electron chi connectivity index (χ3n) is 16.6. The third kappa shape index (κ3) is 23.4. The molecule has 3 aliphatic heterocycles. The lowest BCUT2D eigenvalue weighted by Gasteiger charge is -2.38. The molecule has 0 bridgehead atoms. The lowest BCUT2D eigenvalue weighted by atomic mass is 9.89. The SMILES string of the molecule is Cc1cc(NC(=O)C(=O)O)cnc1NC(=O)OC(C)(C)C.Cc1ccc([C@@H]2CC[C@@H](C)CN2)cc1O.Cc1ccc([C@@H]2CC[C@@H](C)CN2C(=O)C(=O)Nc2cnc(N)c(C)c2)cc1O.Cc1ccc([C@@H]2CC[C@@H](C)CN2C(=O)C(=O)Nc2cnc(NC(=O)OC(C)(C)C)c(C)c2)cc1O. The van der Waals surface area contributed by atoms with Gasteiger partial charge in [-0.15, -0.1) is 0 Å². The number of aromatic hydroxyl groups is 3. The molecule has 0 unspecified atom stereocenters. The van der Waals surface area contributed by atoms with Crippen LogP contribution in [0.1, 0.15) is 169 Å². The number of hydrogen-bond acceptors (Lipinski definition) is 18. The Hall–Kier alpha value is -10.4. The number of likely N-dealkylation sites (tertiary alicyclic amines) is 2. The molecular formula is C73H96N12O14. The van der Waals surface area contributed by atoms with E-state index >= 15 is 0 Å². The minimum atomic E-state index is -1.59. The number of amides is 7. The van der Waals surface area contributed by atoms with Crippen LogP contribution in [-0.2, 0) is 38.2 Å². The van der Waals surface area contributed by atoms with E-state index in [0.29, 0.717) is 71.4 Å². The molecule has 7 amide bonds. The number of nitrogens with two attached hydrogens (primary N) is 1. The summed E-state index contributed by atoms with van der Waals surface area (Å²) in [5.41, 5.74) is 12.6. The van der Waals surface area contributed by atoms with Crippen molar-refractivity contribution in [1.82, 2.24) is 30.1 Å². The van der Waals surface area contributed by atoms with Crippen molar-refractivity contribution in [3.05, 3.63) is 141 Å². The zero-order chi connectivity index (χ0) is 73.4. The number of nitrogen functional groups attached to an aromatic ring is 1. The van der Waals surface area contributed by atoms with E-state index in [4.69, 9.17) is 20.3 Å². The molecular weight excluding hydrogens is 1270 g/mol. The van der Waals surface area contributed by atoms with Crippen LogP contribution in [0.2, 0.25) is 0 Å². The van der Waals surface area contributed by atoms with Crippen molar-refractivity contribution >= 4 is 82.2 Å². The van der Waals surface area contributed by atoms with E-state index in [1.165, 1.54) is 43.1 Å². The van der Waals surface area contributed by atoms with Crippen molar-refractivity contribution < 1.29 is 68.3 Å². The molecule has 6 atom stereocenters. The first kappa shape index (κ1) is 77.6. The van der Waals surface area contributed by atoms with E-state index in [9.17, 15) is 53.7 Å². The second-order valence-corrected chi connectivity index (χ2v) is 27.7. The Morgan fingerprint density at radius 3 is 1.19 bits per heavy atom. The van der Waals surface area contributed by atoms with Gasteiger partial charge in [-0.05, 0) is 232 Å².